The van der Waals surface area contributed by atoms with E-state index in [4.69, 9.17) is 0 Å². The summed E-state index contributed by atoms with van der Waals surface area (Å²) in [6.07, 6.45) is 0. The van der Waals surface area contributed by atoms with Crippen LogP contribution >= 0.6 is 0 Å². The fourth-order valence-corrected chi connectivity index (χ4v) is 4.16. The maximum absolute atomic E-state index is 12.8. The molecule has 0 unspecified atom stereocenters. The average Bonchev–Trinajstić information content (AvgIpc) is 3.06. The summed E-state index contributed by atoms with van der Waals surface area (Å²) >= 11 is 0. The van der Waals surface area contributed by atoms with Crippen LogP contribution in [0.4, 0.5) is 0 Å². The first-order valence-electron chi connectivity index (χ1n) is 7.81. The van der Waals surface area contributed by atoms with Crippen LogP contribution in [0.2, 0.25) is 0 Å². The largest absolute Gasteiger partial charge is 0.289 e. The molecule has 0 N–H and O–H groups in total. The Balaban J connectivity index is 2.23. The van der Waals surface area contributed by atoms with E-state index in [0.717, 1.165) is 32.3 Å². The van der Waals surface area contributed by atoms with Crippen molar-refractivity contribution in [3.63, 3.8) is 0 Å². The van der Waals surface area contributed by atoms with Gasteiger partial charge in [-0.15, -0.1) is 0 Å². The molecule has 0 saturated heterocycles. The average molecular weight is 304 g/mol. The Hall–Kier alpha value is -3.44. The normalized spacial score (nSPS) is 12.2. The van der Waals surface area contributed by atoms with Crippen molar-refractivity contribution < 1.29 is 0 Å². The molecular weight excluding hydrogens is 296 g/mol. The lowest BCUT2D eigenvalue weighted by molar-refractivity contribution is 1.80. The van der Waals surface area contributed by atoms with Crippen LogP contribution in [-0.4, -0.2) is 0 Å². The van der Waals surface area contributed by atoms with Gasteiger partial charge in [-0.2, -0.15) is 0 Å². The summed E-state index contributed by atoms with van der Waals surface area (Å²) in [6.45, 7) is 0. The second-order valence-corrected chi connectivity index (χ2v) is 6.28. The lowest BCUT2D eigenvalue weighted by atomic mass is 10.0. The number of hydrogen-bond donors (Lipinski definition) is 0. The standard InChI is InChI=1S/C22H8O2/c23-21-13-5-1-3-11-7-8-12-4-2-6-14-18(12)20-16(22(14)24)10-9-15(21)19(20)17(11)13/h1-6,9-10H. The van der Waals surface area contributed by atoms with Gasteiger partial charge in [0.05, 0.1) is 0 Å². The molecule has 0 spiro atoms. The molecule has 0 fully saturated rings. The highest BCUT2D eigenvalue weighted by molar-refractivity contribution is 6.35. The van der Waals surface area contributed by atoms with E-state index in [-0.39, 0.29) is 10.9 Å². The predicted octanol–water partition coefficient (Wildman–Crippen LogP) is 4.09. The van der Waals surface area contributed by atoms with Crippen molar-refractivity contribution in [1.29, 1.82) is 0 Å². The van der Waals surface area contributed by atoms with Crippen molar-refractivity contribution in [2.75, 3.05) is 0 Å². The molecular formula is C22H8O2. The van der Waals surface area contributed by atoms with Crippen molar-refractivity contribution in [2.45, 2.75) is 0 Å². The molecule has 0 saturated carbocycles. The van der Waals surface area contributed by atoms with Crippen LogP contribution in [0.15, 0.2) is 58.1 Å². The number of benzene rings is 3. The smallest absolute Gasteiger partial charge is 0.194 e. The highest BCUT2D eigenvalue weighted by atomic mass is 16.1. The fourth-order valence-electron chi connectivity index (χ4n) is 4.16. The first-order chi connectivity index (χ1) is 11.8. The Morgan fingerprint density at radius 2 is 0.917 bits per heavy atom. The molecule has 6 rings (SSSR count). The lowest BCUT2D eigenvalue weighted by Gasteiger charge is -2.00. The molecule has 0 bridgehead atoms. The van der Waals surface area contributed by atoms with Gasteiger partial charge in [-0.05, 0) is 24.3 Å². The van der Waals surface area contributed by atoms with E-state index in [1.807, 2.05) is 36.4 Å². The molecule has 0 aliphatic heterocycles. The zero-order chi connectivity index (χ0) is 16.0. The van der Waals surface area contributed by atoms with Crippen molar-refractivity contribution in [1.82, 2.24) is 0 Å². The van der Waals surface area contributed by atoms with Gasteiger partial charge in [-0.3, -0.25) is 9.59 Å². The topological polar surface area (TPSA) is 34.1 Å². The van der Waals surface area contributed by atoms with Crippen LogP contribution < -0.4 is 10.9 Å². The third kappa shape index (κ3) is 1.15. The Bertz CT molecular complexity index is 1410. The fraction of sp³-hybridized carbons (Fsp3) is 0. The van der Waals surface area contributed by atoms with Gasteiger partial charge in [0.25, 0.3) is 0 Å². The summed E-state index contributed by atoms with van der Waals surface area (Å²) < 4.78 is 0. The summed E-state index contributed by atoms with van der Waals surface area (Å²) in [7, 11) is 0. The van der Waals surface area contributed by atoms with Crippen molar-refractivity contribution in [2.24, 2.45) is 0 Å². The first-order valence-corrected chi connectivity index (χ1v) is 7.81. The zero-order valence-corrected chi connectivity index (χ0v) is 12.4. The van der Waals surface area contributed by atoms with Crippen LogP contribution in [0.5, 0.6) is 0 Å². The van der Waals surface area contributed by atoms with Crippen molar-refractivity contribution in [3.05, 3.63) is 81.1 Å². The number of hydrogen-bond acceptors (Lipinski definition) is 2. The van der Waals surface area contributed by atoms with E-state index < -0.39 is 0 Å². The molecule has 0 aliphatic carbocycles. The highest BCUT2D eigenvalue weighted by Gasteiger charge is 2.20. The summed E-state index contributed by atoms with van der Waals surface area (Å²) in [4.78, 5) is 25.7. The van der Waals surface area contributed by atoms with Gasteiger partial charge >= 0.3 is 0 Å². The van der Waals surface area contributed by atoms with Crippen molar-refractivity contribution >= 4 is 53.9 Å². The van der Waals surface area contributed by atoms with Gasteiger partial charge in [-0.25, -0.2) is 0 Å². The van der Waals surface area contributed by atoms with Crippen LogP contribution in [0.3, 0.4) is 0 Å². The summed E-state index contributed by atoms with van der Waals surface area (Å²) in [5.41, 5.74) is 0.0402. The molecule has 0 amide bonds. The third-order valence-corrected chi connectivity index (χ3v) is 5.14. The van der Waals surface area contributed by atoms with E-state index in [0.29, 0.717) is 21.5 Å². The van der Waals surface area contributed by atoms with E-state index in [1.165, 1.54) is 0 Å². The number of rotatable bonds is 0. The predicted molar refractivity (Wildman–Crippen MR) is 97.7 cm³/mol. The van der Waals surface area contributed by atoms with Crippen LogP contribution in [0.25, 0.3) is 53.9 Å². The van der Waals surface area contributed by atoms with Crippen LogP contribution in [-0.2, 0) is 0 Å². The van der Waals surface area contributed by atoms with E-state index >= 15 is 0 Å². The van der Waals surface area contributed by atoms with Gasteiger partial charge in [0.1, 0.15) is 0 Å². The maximum atomic E-state index is 12.8. The summed E-state index contributed by atoms with van der Waals surface area (Å²) in [5.74, 6) is 0. The Morgan fingerprint density at radius 1 is 0.500 bits per heavy atom. The minimum absolute atomic E-state index is 0.0201. The summed E-state index contributed by atoms with van der Waals surface area (Å²) in [6, 6.07) is 21.3. The maximum Gasteiger partial charge on any atom is 0.194 e. The Labute approximate surface area is 135 Å². The van der Waals surface area contributed by atoms with E-state index in [1.54, 1.807) is 12.1 Å². The van der Waals surface area contributed by atoms with Gasteiger partial charge in [0, 0.05) is 53.9 Å². The molecule has 0 heterocycles. The van der Waals surface area contributed by atoms with Crippen LogP contribution in [0.1, 0.15) is 0 Å². The molecule has 6 aromatic rings. The van der Waals surface area contributed by atoms with Gasteiger partial charge < -0.3 is 0 Å². The molecule has 2 heteroatoms. The first kappa shape index (κ1) is 12.0. The molecule has 0 aliphatic rings. The molecule has 108 valence electrons. The molecule has 6 aromatic carbocycles. The monoisotopic (exact) mass is 304 g/mol. The van der Waals surface area contributed by atoms with Gasteiger partial charge in [-0.1, -0.05) is 36.4 Å². The van der Waals surface area contributed by atoms with Gasteiger partial charge in [0.15, 0.2) is 10.9 Å². The SMILES string of the molecule is O=c1c2cccc3c#cc4cccc5c(=O)c6ccc1c(c32)c6c45. The Kier molecular flexibility index (Phi) is 1.87. The zero-order valence-electron chi connectivity index (χ0n) is 12.4. The van der Waals surface area contributed by atoms with E-state index in [2.05, 4.69) is 12.1 Å². The third-order valence-electron chi connectivity index (χ3n) is 5.14. The summed E-state index contributed by atoms with van der Waals surface area (Å²) in [5, 5.41) is 7.97. The molecule has 0 atom stereocenters. The second-order valence-electron chi connectivity index (χ2n) is 6.28. The molecule has 0 radical (unpaired) electrons. The quantitative estimate of drug-likeness (QED) is 0.423. The van der Waals surface area contributed by atoms with E-state index in [9.17, 15) is 9.59 Å². The molecule has 0 aromatic heterocycles. The highest BCUT2D eigenvalue weighted by Crippen LogP contribution is 2.38. The van der Waals surface area contributed by atoms with Gasteiger partial charge in [0.2, 0.25) is 0 Å². The minimum Gasteiger partial charge on any atom is -0.289 e. The van der Waals surface area contributed by atoms with Crippen LogP contribution in [0, 0.1) is 12.1 Å². The molecule has 24 heavy (non-hydrogen) atoms. The molecule has 2 nitrogen and oxygen atoms in total. The second kappa shape index (κ2) is 3.72. The Morgan fingerprint density at radius 3 is 1.38 bits per heavy atom. The minimum atomic E-state index is 0.0201. The lowest BCUT2D eigenvalue weighted by Crippen LogP contribution is -1.95. The van der Waals surface area contributed by atoms with Crippen molar-refractivity contribution in [3.8, 4) is 0 Å².